The van der Waals surface area contributed by atoms with Gasteiger partial charge >= 0.3 is 0 Å². The number of nitrogens with one attached hydrogen (secondary N) is 1. The Labute approximate surface area is 182 Å². The van der Waals surface area contributed by atoms with Gasteiger partial charge in [0.05, 0.1) is 6.61 Å². The first kappa shape index (κ1) is 27.2. The maximum Gasteiger partial charge on any atom is 0.273 e. The third-order valence-electron chi connectivity index (χ3n) is 4.89. The molecule has 188 valence electrons. The molecule has 0 aliphatic carbocycles. The lowest BCUT2D eigenvalue weighted by Crippen LogP contribution is -2.68. The minimum absolute atomic E-state index is 0.743. The lowest BCUT2D eigenvalue weighted by molar-refractivity contribution is -0.324. The molecule has 18 heteroatoms. The number of rotatable bonds is 7. The van der Waals surface area contributed by atoms with E-state index in [2.05, 4.69) is 5.32 Å². The summed E-state index contributed by atoms with van der Waals surface area (Å²) < 4.78 is 79.8. The van der Waals surface area contributed by atoms with E-state index in [1.807, 2.05) is 0 Å². The first-order valence-corrected chi connectivity index (χ1v) is 12.2. The topological polar surface area (TPSA) is 267 Å². The molecule has 0 aromatic carbocycles. The Kier molecular flexibility index (Phi) is 8.57. The lowest BCUT2D eigenvalue weighted by Gasteiger charge is -2.46. The second-order valence-corrected chi connectivity index (χ2v) is 10.4. The zero-order valence-corrected chi connectivity index (χ0v) is 18.0. The number of hydrogen-bond donors (Lipinski definition) is 8. The largest absolute Gasteiger partial charge is 0.394 e. The van der Waals surface area contributed by atoms with Crippen molar-refractivity contribution < 1.29 is 70.5 Å². The van der Waals surface area contributed by atoms with Gasteiger partial charge in [-0.05, 0) is 0 Å². The molecular weight excluding hydrogens is 486 g/mol. The maximum absolute atomic E-state index is 11.6. The van der Waals surface area contributed by atoms with Gasteiger partial charge in [0.15, 0.2) is 12.6 Å². The standard InChI is InChI=1S/C14H25NO15S2/c1-4(17)15-7-9(19)11(6(28-13(7)21)3-31(22,23)24)30-14-10(20)12(32(25,26)27)8(18)5(2-16)29-14/h5-14,16,18-21H,2-3H2,1H3,(H,15,17)(H,22,23,24)(H,25,26,27)/t5-,6-,7-,8+,9-,10-,11-,12+,13-,14+/m1/s1. The molecule has 32 heavy (non-hydrogen) atoms. The first-order chi connectivity index (χ1) is 14.6. The van der Waals surface area contributed by atoms with Crippen LogP contribution in [0.3, 0.4) is 0 Å². The Morgan fingerprint density at radius 3 is 2.03 bits per heavy atom. The second kappa shape index (κ2) is 10.1. The quantitative estimate of drug-likeness (QED) is 0.148. The number of aliphatic hydroxyl groups excluding tert-OH is 5. The summed E-state index contributed by atoms with van der Waals surface area (Å²) in [5.74, 6) is -1.98. The van der Waals surface area contributed by atoms with E-state index >= 15 is 0 Å². The fraction of sp³-hybridized carbons (Fsp3) is 0.929. The van der Waals surface area contributed by atoms with E-state index in [4.69, 9.17) is 18.8 Å². The summed E-state index contributed by atoms with van der Waals surface area (Å²) in [6.07, 6.45) is -15.8. The maximum atomic E-state index is 11.6. The van der Waals surface area contributed by atoms with Crippen molar-refractivity contribution in [3.8, 4) is 0 Å². The molecule has 0 radical (unpaired) electrons. The van der Waals surface area contributed by atoms with Gasteiger partial charge in [-0.25, -0.2) is 0 Å². The highest BCUT2D eigenvalue weighted by molar-refractivity contribution is 7.86. The van der Waals surface area contributed by atoms with Gasteiger partial charge in [-0.1, -0.05) is 0 Å². The van der Waals surface area contributed by atoms with Crippen LogP contribution in [-0.4, -0.2) is 130 Å². The van der Waals surface area contributed by atoms with Crippen LogP contribution >= 0.6 is 0 Å². The minimum Gasteiger partial charge on any atom is -0.394 e. The molecule has 0 saturated carbocycles. The monoisotopic (exact) mass is 511 g/mol. The molecule has 2 heterocycles. The van der Waals surface area contributed by atoms with E-state index in [9.17, 15) is 51.7 Å². The number of carbonyl (C=O) groups is 1. The van der Waals surface area contributed by atoms with Gasteiger partial charge in [-0.3, -0.25) is 13.9 Å². The molecule has 8 N–H and O–H groups in total. The van der Waals surface area contributed by atoms with E-state index in [0.717, 1.165) is 6.92 Å². The molecule has 0 aromatic heterocycles. The van der Waals surface area contributed by atoms with Crippen molar-refractivity contribution in [3.05, 3.63) is 0 Å². The Morgan fingerprint density at radius 2 is 1.56 bits per heavy atom. The fourth-order valence-corrected chi connectivity index (χ4v) is 5.20. The molecule has 0 spiro atoms. The van der Waals surface area contributed by atoms with E-state index < -0.39 is 99.0 Å². The van der Waals surface area contributed by atoms with Crippen molar-refractivity contribution >= 4 is 26.1 Å². The van der Waals surface area contributed by atoms with Crippen LogP contribution < -0.4 is 5.32 Å². The summed E-state index contributed by atoms with van der Waals surface area (Å²) in [6.45, 7) is 0.0304. The molecule has 2 aliphatic heterocycles. The minimum atomic E-state index is -5.13. The predicted octanol–water partition coefficient (Wildman–Crippen LogP) is -5.46. The lowest BCUT2D eigenvalue weighted by atomic mass is 9.96. The molecule has 2 rings (SSSR count). The SMILES string of the molecule is CC(=O)N[C@@H]1[C@@H](O)[C@H](O[C@@H]2O[C@H](CO)[C@H](O)[C@H](S(=O)(=O)O)[C@H]2O)[C@@H](CS(=O)(=O)O)O[C@H]1O. The molecule has 1 amide bonds. The Hall–Kier alpha value is -1.03. The van der Waals surface area contributed by atoms with Gasteiger partial charge in [-0.15, -0.1) is 0 Å². The number of hydrogen-bond acceptors (Lipinski definition) is 13. The van der Waals surface area contributed by atoms with E-state index in [1.165, 1.54) is 0 Å². The van der Waals surface area contributed by atoms with Gasteiger partial charge in [-0.2, -0.15) is 16.8 Å². The van der Waals surface area contributed by atoms with Crippen LogP contribution in [0.4, 0.5) is 0 Å². The Bertz CT molecular complexity index is 879. The Morgan fingerprint density at radius 1 is 0.969 bits per heavy atom. The highest BCUT2D eigenvalue weighted by atomic mass is 32.2. The van der Waals surface area contributed by atoms with Gasteiger partial charge < -0.3 is 45.1 Å². The zero-order valence-electron chi connectivity index (χ0n) is 16.4. The van der Waals surface area contributed by atoms with Crippen LogP contribution in [0, 0.1) is 0 Å². The normalized spacial score (nSPS) is 41.2. The number of aliphatic hydroxyl groups is 5. The van der Waals surface area contributed by atoms with Gasteiger partial charge in [0.25, 0.3) is 20.2 Å². The average Bonchev–Trinajstić information content (AvgIpc) is 2.61. The summed E-state index contributed by atoms with van der Waals surface area (Å²) in [6, 6.07) is -1.59. The smallest absolute Gasteiger partial charge is 0.273 e. The molecule has 10 atom stereocenters. The molecule has 0 aromatic rings. The highest BCUT2D eigenvalue weighted by Gasteiger charge is 2.54. The van der Waals surface area contributed by atoms with Crippen LogP contribution in [0.5, 0.6) is 0 Å². The number of ether oxygens (including phenoxy) is 3. The first-order valence-electron chi connectivity index (χ1n) is 9.05. The van der Waals surface area contributed by atoms with Gasteiger partial charge in [0.1, 0.15) is 53.7 Å². The number of amides is 1. The van der Waals surface area contributed by atoms with Crippen molar-refractivity contribution in [2.75, 3.05) is 12.4 Å². The number of carbonyl (C=O) groups excluding carboxylic acids is 1. The summed E-state index contributed by atoms with van der Waals surface area (Å²) in [5, 5.41) is 50.0. The van der Waals surface area contributed by atoms with Crippen molar-refractivity contribution in [3.63, 3.8) is 0 Å². The van der Waals surface area contributed by atoms with Crippen molar-refractivity contribution in [2.24, 2.45) is 0 Å². The average molecular weight is 511 g/mol. The summed E-state index contributed by atoms with van der Waals surface area (Å²) in [4.78, 5) is 11.4. The van der Waals surface area contributed by atoms with Crippen molar-refractivity contribution in [1.29, 1.82) is 0 Å². The third-order valence-corrected chi connectivity index (χ3v) is 6.89. The molecular formula is C14H25NO15S2. The van der Waals surface area contributed by atoms with Crippen LogP contribution in [0.25, 0.3) is 0 Å². The van der Waals surface area contributed by atoms with Crippen LogP contribution in [0.1, 0.15) is 6.92 Å². The summed E-state index contributed by atoms with van der Waals surface area (Å²) in [5.41, 5.74) is 0. The van der Waals surface area contributed by atoms with E-state index in [1.54, 1.807) is 0 Å². The molecule has 2 saturated heterocycles. The highest BCUT2D eigenvalue weighted by Crippen LogP contribution is 2.31. The van der Waals surface area contributed by atoms with Crippen LogP contribution in [0.2, 0.25) is 0 Å². The zero-order chi connectivity index (χ0) is 24.6. The van der Waals surface area contributed by atoms with Gasteiger partial charge in [0, 0.05) is 6.92 Å². The van der Waals surface area contributed by atoms with E-state index in [0.29, 0.717) is 0 Å². The Balaban J connectivity index is 2.39. The van der Waals surface area contributed by atoms with Crippen molar-refractivity contribution in [2.45, 2.75) is 67.4 Å². The van der Waals surface area contributed by atoms with Crippen LogP contribution in [-0.2, 0) is 39.2 Å². The summed E-state index contributed by atoms with van der Waals surface area (Å²) in [7, 11) is -9.92. The molecule has 2 aliphatic rings. The molecule has 0 bridgehead atoms. The van der Waals surface area contributed by atoms with Crippen molar-refractivity contribution in [1.82, 2.24) is 5.32 Å². The fourth-order valence-electron chi connectivity index (χ4n) is 3.51. The molecule has 16 nitrogen and oxygen atoms in total. The molecule has 2 fully saturated rings. The van der Waals surface area contributed by atoms with E-state index in [-0.39, 0.29) is 0 Å². The third kappa shape index (κ3) is 6.30. The van der Waals surface area contributed by atoms with Crippen LogP contribution in [0.15, 0.2) is 0 Å². The predicted molar refractivity (Wildman–Crippen MR) is 98.9 cm³/mol. The summed E-state index contributed by atoms with van der Waals surface area (Å²) >= 11 is 0. The molecule has 0 unspecified atom stereocenters. The second-order valence-electron chi connectivity index (χ2n) is 7.32. The van der Waals surface area contributed by atoms with Gasteiger partial charge in [0.2, 0.25) is 5.91 Å².